The van der Waals surface area contributed by atoms with E-state index >= 15 is 0 Å². The van der Waals surface area contributed by atoms with Crippen molar-refractivity contribution in [2.75, 3.05) is 0 Å². The number of hydrogen-bond donors (Lipinski definition) is 2. The maximum Gasteiger partial charge on any atom is 0.272 e. The summed E-state index contributed by atoms with van der Waals surface area (Å²) in [6, 6.07) is 11.2. The molecule has 0 bridgehead atoms. The zero-order valence-electron chi connectivity index (χ0n) is 14.6. The highest BCUT2D eigenvalue weighted by Gasteiger charge is 2.29. The van der Waals surface area contributed by atoms with Gasteiger partial charge in [0, 0.05) is 24.7 Å². The Hall–Kier alpha value is -2.63. The number of benzene rings is 1. The van der Waals surface area contributed by atoms with Gasteiger partial charge in [-0.3, -0.25) is 14.3 Å². The second kappa shape index (κ2) is 7.51. The van der Waals surface area contributed by atoms with E-state index in [1.165, 1.54) is 0 Å². The molecule has 25 heavy (non-hydrogen) atoms. The van der Waals surface area contributed by atoms with Gasteiger partial charge < -0.3 is 10.6 Å². The van der Waals surface area contributed by atoms with Gasteiger partial charge in [0.1, 0.15) is 11.7 Å². The Kier molecular flexibility index (Phi) is 5.16. The summed E-state index contributed by atoms with van der Waals surface area (Å²) in [4.78, 5) is 25.0. The Morgan fingerprint density at radius 2 is 1.92 bits per heavy atom. The summed E-state index contributed by atoms with van der Waals surface area (Å²) >= 11 is 0. The van der Waals surface area contributed by atoms with Crippen LogP contribution in [0.15, 0.2) is 42.6 Å². The second-order valence-corrected chi connectivity index (χ2v) is 6.77. The molecule has 1 aromatic carbocycles. The molecule has 1 aromatic heterocycles. The van der Waals surface area contributed by atoms with E-state index in [1.807, 2.05) is 44.2 Å². The lowest BCUT2D eigenvalue weighted by Crippen LogP contribution is -2.48. The summed E-state index contributed by atoms with van der Waals surface area (Å²) in [6.45, 7) is 3.99. The highest BCUT2D eigenvalue weighted by Crippen LogP contribution is 2.19. The Morgan fingerprint density at radius 1 is 1.20 bits per heavy atom. The normalized spacial score (nSPS) is 15.0. The molecule has 1 fully saturated rings. The predicted octanol–water partition coefficient (Wildman–Crippen LogP) is 2.08. The summed E-state index contributed by atoms with van der Waals surface area (Å²) in [5.41, 5.74) is 1.33. The van der Waals surface area contributed by atoms with Crippen molar-refractivity contribution >= 4 is 11.8 Å². The standard InChI is InChI=1S/C19H24N4O2/c1-13(2)23-11-10-16(22-23)18(24)21-17(19(25)20-15-8-9-15)12-14-6-4-3-5-7-14/h3-7,10-11,13,15,17H,8-9,12H2,1-2H3,(H,20,25)(H,21,24)/t17-/m1/s1. The van der Waals surface area contributed by atoms with Crippen LogP contribution in [0.2, 0.25) is 0 Å². The van der Waals surface area contributed by atoms with Gasteiger partial charge in [-0.25, -0.2) is 0 Å². The Labute approximate surface area is 147 Å². The van der Waals surface area contributed by atoms with Gasteiger partial charge in [-0.15, -0.1) is 0 Å². The van der Waals surface area contributed by atoms with E-state index in [0.717, 1.165) is 18.4 Å². The Bertz CT molecular complexity index is 735. The summed E-state index contributed by atoms with van der Waals surface area (Å²) in [5, 5.41) is 10.1. The zero-order valence-corrected chi connectivity index (χ0v) is 14.6. The molecule has 6 nitrogen and oxygen atoms in total. The van der Waals surface area contributed by atoms with Crippen LogP contribution >= 0.6 is 0 Å². The molecule has 1 aliphatic carbocycles. The van der Waals surface area contributed by atoms with Crippen molar-refractivity contribution < 1.29 is 9.59 Å². The van der Waals surface area contributed by atoms with Gasteiger partial charge in [0.15, 0.2) is 0 Å². The quantitative estimate of drug-likeness (QED) is 0.810. The van der Waals surface area contributed by atoms with Crippen molar-refractivity contribution in [3.05, 3.63) is 53.9 Å². The molecule has 2 N–H and O–H groups in total. The topological polar surface area (TPSA) is 76.0 Å². The van der Waals surface area contributed by atoms with Gasteiger partial charge in [0.25, 0.3) is 5.91 Å². The molecule has 0 unspecified atom stereocenters. The molecule has 1 aliphatic rings. The molecule has 2 aromatic rings. The van der Waals surface area contributed by atoms with Gasteiger partial charge in [0.05, 0.1) is 0 Å². The van der Waals surface area contributed by atoms with E-state index in [0.29, 0.717) is 12.1 Å². The van der Waals surface area contributed by atoms with Crippen molar-refractivity contribution in [1.29, 1.82) is 0 Å². The first-order valence-corrected chi connectivity index (χ1v) is 8.73. The van der Waals surface area contributed by atoms with Crippen molar-refractivity contribution in [2.45, 2.75) is 51.2 Å². The van der Waals surface area contributed by atoms with Crippen molar-refractivity contribution in [2.24, 2.45) is 0 Å². The summed E-state index contributed by atoms with van der Waals surface area (Å²) in [5.74, 6) is -0.464. The number of rotatable bonds is 7. The van der Waals surface area contributed by atoms with Crippen LogP contribution in [0.4, 0.5) is 0 Å². The monoisotopic (exact) mass is 340 g/mol. The van der Waals surface area contributed by atoms with Crippen LogP contribution in [-0.4, -0.2) is 33.7 Å². The average Bonchev–Trinajstić information content (AvgIpc) is 3.26. The lowest BCUT2D eigenvalue weighted by Gasteiger charge is -2.18. The number of amides is 2. The smallest absolute Gasteiger partial charge is 0.272 e. The van der Waals surface area contributed by atoms with E-state index < -0.39 is 6.04 Å². The minimum absolute atomic E-state index is 0.136. The Morgan fingerprint density at radius 3 is 2.52 bits per heavy atom. The molecule has 0 spiro atoms. The fraction of sp³-hybridized carbons (Fsp3) is 0.421. The van der Waals surface area contributed by atoms with E-state index in [2.05, 4.69) is 15.7 Å². The third-order valence-corrected chi connectivity index (χ3v) is 4.20. The van der Waals surface area contributed by atoms with Crippen molar-refractivity contribution in [3.63, 3.8) is 0 Å². The third-order valence-electron chi connectivity index (χ3n) is 4.20. The van der Waals surface area contributed by atoms with Crippen LogP contribution in [-0.2, 0) is 11.2 Å². The molecule has 2 amide bonds. The molecule has 0 aliphatic heterocycles. The van der Waals surface area contributed by atoms with E-state index in [4.69, 9.17) is 0 Å². The van der Waals surface area contributed by atoms with Crippen LogP contribution in [0, 0.1) is 0 Å². The number of nitrogens with one attached hydrogen (secondary N) is 2. The fourth-order valence-electron chi connectivity index (χ4n) is 2.57. The first-order chi connectivity index (χ1) is 12.0. The summed E-state index contributed by atoms with van der Waals surface area (Å²) in [6.07, 6.45) is 4.25. The molecule has 6 heteroatoms. The molecular formula is C19H24N4O2. The maximum absolute atomic E-state index is 12.5. The van der Waals surface area contributed by atoms with Gasteiger partial charge in [-0.2, -0.15) is 5.10 Å². The predicted molar refractivity (Wildman–Crippen MR) is 95.2 cm³/mol. The second-order valence-electron chi connectivity index (χ2n) is 6.77. The highest BCUT2D eigenvalue weighted by molar-refractivity contribution is 5.96. The van der Waals surface area contributed by atoms with Crippen LogP contribution in [0.5, 0.6) is 0 Å². The number of hydrogen-bond acceptors (Lipinski definition) is 3. The van der Waals surface area contributed by atoms with Gasteiger partial charge in [-0.1, -0.05) is 30.3 Å². The lowest BCUT2D eigenvalue weighted by molar-refractivity contribution is -0.123. The minimum atomic E-state index is -0.611. The van der Waals surface area contributed by atoms with E-state index in [-0.39, 0.29) is 23.9 Å². The molecule has 1 atom stereocenters. The van der Waals surface area contributed by atoms with Crippen LogP contribution < -0.4 is 10.6 Å². The molecule has 3 rings (SSSR count). The molecule has 1 heterocycles. The number of carbonyl (C=O) groups is 2. The van der Waals surface area contributed by atoms with Crippen LogP contribution in [0.25, 0.3) is 0 Å². The van der Waals surface area contributed by atoms with E-state index in [9.17, 15) is 9.59 Å². The number of carbonyl (C=O) groups excluding carboxylic acids is 2. The van der Waals surface area contributed by atoms with Gasteiger partial charge >= 0.3 is 0 Å². The van der Waals surface area contributed by atoms with Crippen LogP contribution in [0.1, 0.15) is 48.8 Å². The molecule has 0 radical (unpaired) electrons. The molecule has 1 saturated carbocycles. The largest absolute Gasteiger partial charge is 0.352 e. The minimum Gasteiger partial charge on any atom is -0.352 e. The molecular weight excluding hydrogens is 316 g/mol. The SMILES string of the molecule is CC(C)n1ccc(C(=O)N[C@H](Cc2ccccc2)C(=O)NC2CC2)n1. The van der Waals surface area contributed by atoms with Gasteiger partial charge in [0.2, 0.25) is 5.91 Å². The number of aromatic nitrogens is 2. The van der Waals surface area contributed by atoms with Crippen LogP contribution in [0.3, 0.4) is 0 Å². The van der Waals surface area contributed by atoms with Crippen molar-refractivity contribution in [3.8, 4) is 0 Å². The lowest BCUT2D eigenvalue weighted by atomic mass is 10.0. The first kappa shape index (κ1) is 17.2. The van der Waals surface area contributed by atoms with Gasteiger partial charge in [-0.05, 0) is 38.3 Å². The Balaban J connectivity index is 1.70. The molecule has 0 saturated heterocycles. The number of nitrogens with zero attached hydrogens (tertiary/aromatic N) is 2. The summed E-state index contributed by atoms with van der Waals surface area (Å²) in [7, 11) is 0. The highest BCUT2D eigenvalue weighted by atomic mass is 16.2. The average molecular weight is 340 g/mol. The third kappa shape index (κ3) is 4.68. The maximum atomic E-state index is 12.5. The molecule has 132 valence electrons. The van der Waals surface area contributed by atoms with E-state index in [1.54, 1.807) is 16.9 Å². The van der Waals surface area contributed by atoms with Crippen molar-refractivity contribution in [1.82, 2.24) is 20.4 Å². The zero-order chi connectivity index (χ0) is 17.8. The first-order valence-electron chi connectivity index (χ1n) is 8.73. The fourth-order valence-corrected chi connectivity index (χ4v) is 2.57. The summed E-state index contributed by atoms with van der Waals surface area (Å²) < 4.78 is 1.73.